The zero-order valence-corrected chi connectivity index (χ0v) is 16.6. The van der Waals surface area contributed by atoms with Crippen LogP contribution in [0.25, 0.3) is 10.2 Å². The highest BCUT2D eigenvalue weighted by Gasteiger charge is 2.21. The molecule has 0 aliphatic rings. The fourth-order valence-corrected chi connectivity index (χ4v) is 3.57. The molecule has 2 aromatic heterocycles. The van der Waals surface area contributed by atoms with Gasteiger partial charge in [0.2, 0.25) is 11.8 Å². The number of hydrogen-bond donors (Lipinski definition) is 1. The van der Waals surface area contributed by atoms with Crippen molar-refractivity contribution < 1.29 is 9.32 Å². The van der Waals surface area contributed by atoms with Crippen LogP contribution in [-0.2, 0) is 10.2 Å². The molecular weight excluding hydrogens is 348 g/mol. The summed E-state index contributed by atoms with van der Waals surface area (Å²) in [4.78, 5) is 19.0. The molecule has 3 rings (SSSR count). The second kappa shape index (κ2) is 7.17. The van der Waals surface area contributed by atoms with Crippen LogP contribution in [0.5, 0.6) is 0 Å². The van der Waals surface area contributed by atoms with Crippen LogP contribution in [0, 0.1) is 0 Å². The molecule has 2 heterocycles. The van der Waals surface area contributed by atoms with E-state index in [1.54, 1.807) is 17.4 Å². The lowest BCUT2D eigenvalue weighted by Gasteiger charge is -2.21. The normalized spacial score (nSPS) is 13.3. The second-order valence-corrected chi connectivity index (χ2v) is 8.55. The molecule has 0 spiro atoms. The molecule has 1 N–H and O–H groups in total. The van der Waals surface area contributed by atoms with Gasteiger partial charge in [0, 0.05) is 11.5 Å². The molecule has 1 unspecified atom stereocenters. The third-order valence-corrected chi connectivity index (χ3v) is 5.47. The number of amides is 1. The summed E-state index contributed by atoms with van der Waals surface area (Å²) in [5.41, 5.74) is 1.68. The van der Waals surface area contributed by atoms with E-state index >= 15 is 0 Å². The number of aromatic nitrogens is 2. The lowest BCUT2D eigenvalue weighted by atomic mass is 9.92. The maximum atomic E-state index is 12.3. The molecule has 0 aliphatic carbocycles. The molecule has 0 saturated heterocycles. The van der Waals surface area contributed by atoms with Crippen molar-refractivity contribution in [2.75, 3.05) is 18.9 Å². The Morgan fingerprint density at radius 3 is 2.73 bits per heavy atom. The third-order valence-electron chi connectivity index (χ3n) is 4.26. The van der Waals surface area contributed by atoms with E-state index in [1.165, 1.54) is 0 Å². The van der Waals surface area contributed by atoms with Gasteiger partial charge < -0.3 is 4.52 Å². The minimum absolute atomic E-state index is 0.0398. The van der Waals surface area contributed by atoms with Gasteiger partial charge in [-0.2, -0.15) is 0 Å². The molecule has 0 radical (unpaired) electrons. The first-order valence-electron chi connectivity index (χ1n) is 8.57. The number of carbonyl (C=O) groups is 1. The summed E-state index contributed by atoms with van der Waals surface area (Å²) in [5.74, 6) is 0.234. The number of hydrogen-bond acceptors (Lipinski definition) is 6. The Bertz CT molecular complexity index is 877. The lowest BCUT2D eigenvalue weighted by molar-refractivity contribution is -0.117. The smallest absolute Gasteiger partial charge is 0.240 e. The number of likely N-dealkylation sites (N-methyl/N-ethyl adjacent to an activating group) is 1. The Balaban J connectivity index is 1.62. The van der Waals surface area contributed by atoms with E-state index in [1.807, 2.05) is 50.9 Å². The molecule has 1 atom stereocenters. The number of nitrogens with zero attached hydrogens (tertiary/aromatic N) is 3. The predicted molar refractivity (Wildman–Crippen MR) is 104 cm³/mol. The molecule has 0 bridgehead atoms. The van der Waals surface area contributed by atoms with Crippen LogP contribution in [0.2, 0.25) is 0 Å². The molecule has 0 aliphatic heterocycles. The fraction of sp³-hybridized carbons (Fsp3) is 0.421. The van der Waals surface area contributed by atoms with E-state index in [-0.39, 0.29) is 23.9 Å². The molecule has 3 aromatic rings. The zero-order valence-electron chi connectivity index (χ0n) is 15.7. The summed E-state index contributed by atoms with van der Waals surface area (Å²) in [6.07, 6.45) is 0. The van der Waals surface area contributed by atoms with E-state index in [2.05, 4.69) is 28.4 Å². The summed E-state index contributed by atoms with van der Waals surface area (Å²) in [5, 5.41) is 7.78. The Kier molecular flexibility index (Phi) is 5.11. The number of carbonyl (C=O) groups excluding carboxylic acids is 1. The first-order chi connectivity index (χ1) is 12.2. The number of fused-ring (bicyclic) bond motifs is 1. The highest BCUT2D eigenvalue weighted by molar-refractivity contribution is 7.18. The zero-order chi connectivity index (χ0) is 18.9. The van der Waals surface area contributed by atoms with Crippen LogP contribution in [0.15, 0.2) is 34.9 Å². The quantitative estimate of drug-likeness (QED) is 0.726. The monoisotopic (exact) mass is 372 g/mol. The van der Waals surface area contributed by atoms with Crippen molar-refractivity contribution in [3.63, 3.8) is 0 Å². The van der Waals surface area contributed by atoms with Crippen LogP contribution in [-0.4, -0.2) is 34.5 Å². The van der Waals surface area contributed by atoms with Crippen molar-refractivity contribution >= 4 is 33.3 Å². The highest BCUT2D eigenvalue weighted by Crippen LogP contribution is 2.29. The molecule has 138 valence electrons. The summed E-state index contributed by atoms with van der Waals surface area (Å²) in [6.45, 7) is 8.43. The molecule has 0 fully saturated rings. The van der Waals surface area contributed by atoms with Crippen LogP contribution >= 0.6 is 11.3 Å². The first-order valence-corrected chi connectivity index (χ1v) is 9.38. The van der Waals surface area contributed by atoms with Gasteiger partial charge in [0.25, 0.3) is 0 Å². The van der Waals surface area contributed by atoms with Gasteiger partial charge in [-0.1, -0.05) is 38.1 Å². The number of benzene rings is 1. The summed E-state index contributed by atoms with van der Waals surface area (Å²) in [7, 11) is 1.91. The van der Waals surface area contributed by atoms with E-state index in [0.717, 1.165) is 20.9 Å². The number of para-hydroxylation sites is 1. The molecule has 7 heteroatoms. The average Bonchev–Trinajstić information content (AvgIpc) is 3.19. The number of anilines is 1. The number of rotatable bonds is 5. The highest BCUT2D eigenvalue weighted by atomic mass is 32.1. The van der Waals surface area contributed by atoms with E-state index in [0.29, 0.717) is 5.88 Å². The Morgan fingerprint density at radius 1 is 1.35 bits per heavy atom. The van der Waals surface area contributed by atoms with Crippen molar-refractivity contribution in [3.8, 4) is 0 Å². The SMILES string of the molecule is CC(c1nc2ccccc2s1)N(C)CC(=O)Nc1cc(C(C)(C)C)no1. The van der Waals surface area contributed by atoms with Gasteiger partial charge in [-0.3, -0.25) is 15.0 Å². The Hall–Kier alpha value is -2.25. The van der Waals surface area contributed by atoms with Crippen molar-refractivity contribution in [2.45, 2.75) is 39.2 Å². The standard InChI is InChI=1S/C19H24N4O2S/c1-12(18-20-13-8-6-7-9-14(13)26-18)23(5)11-16(24)21-17-10-15(22-25-17)19(2,3)4/h6-10,12H,11H2,1-5H3,(H,21,24). The van der Waals surface area contributed by atoms with Crippen molar-refractivity contribution in [1.29, 1.82) is 0 Å². The second-order valence-electron chi connectivity index (χ2n) is 7.49. The van der Waals surface area contributed by atoms with Gasteiger partial charge in [0.15, 0.2) is 0 Å². The average molecular weight is 372 g/mol. The minimum atomic E-state index is -0.142. The van der Waals surface area contributed by atoms with E-state index in [4.69, 9.17) is 4.52 Å². The minimum Gasteiger partial charge on any atom is -0.338 e. The van der Waals surface area contributed by atoms with Gasteiger partial charge in [-0.25, -0.2) is 4.98 Å². The molecule has 0 saturated carbocycles. The van der Waals surface area contributed by atoms with E-state index < -0.39 is 0 Å². The fourth-order valence-electron chi connectivity index (χ4n) is 2.49. The van der Waals surface area contributed by atoms with Crippen LogP contribution in [0.3, 0.4) is 0 Å². The van der Waals surface area contributed by atoms with Gasteiger partial charge in [0.05, 0.1) is 28.5 Å². The summed E-state index contributed by atoms with van der Waals surface area (Å²) in [6, 6.07) is 9.87. The third kappa shape index (κ3) is 4.11. The molecule has 1 aromatic carbocycles. The first kappa shape index (κ1) is 18.5. The van der Waals surface area contributed by atoms with Crippen LogP contribution < -0.4 is 5.32 Å². The van der Waals surface area contributed by atoms with Crippen molar-refractivity contribution in [1.82, 2.24) is 15.0 Å². The predicted octanol–water partition coefficient (Wildman–Crippen LogP) is 4.21. The Labute approximate surface area is 157 Å². The molecule has 6 nitrogen and oxygen atoms in total. The lowest BCUT2D eigenvalue weighted by Crippen LogP contribution is -2.32. The van der Waals surface area contributed by atoms with E-state index in [9.17, 15) is 4.79 Å². The summed E-state index contributed by atoms with van der Waals surface area (Å²) < 4.78 is 6.37. The molecular formula is C19H24N4O2S. The maximum absolute atomic E-state index is 12.3. The number of nitrogens with one attached hydrogen (secondary N) is 1. The van der Waals surface area contributed by atoms with Crippen molar-refractivity contribution in [2.24, 2.45) is 0 Å². The summed E-state index contributed by atoms with van der Waals surface area (Å²) >= 11 is 1.66. The largest absolute Gasteiger partial charge is 0.338 e. The topological polar surface area (TPSA) is 71.3 Å². The van der Waals surface area contributed by atoms with Gasteiger partial charge in [-0.15, -0.1) is 11.3 Å². The Morgan fingerprint density at radius 2 is 2.08 bits per heavy atom. The van der Waals surface area contributed by atoms with Gasteiger partial charge >= 0.3 is 0 Å². The van der Waals surface area contributed by atoms with Crippen LogP contribution in [0.1, 0.15) is 44.4 Å². The van der Waals surface area contributed by atoms with Gasteiger partial charge in [-0.05, 0) is 26.1 Å². The van der Waals surface area contributed by atoms with Crippen molar-refractivity contribution in [3.05, 3.63) is 41.0 Å². The number of thiazole rings is 1. The maximum Gasteiger partial charge on any atom is 0.240 e. The van der Waals surface area contributed by atoms with Gasteiger partial charge in [0.1, 0.15) is 5.01 Å². The van der Waals surface area contributed by atoms with Crippen LogP contribution in [0.4, 0.5) is 5.88 Å². The molecule has 1 amide bonds. The molecule has 26 heavy (non-hydrogen) atoms.